The molecule has 0 aromatic heterocycles. The van der Waals surface area contributed by atoms with Crippen molar-refractivity contribution in [3.63, 3.8) is 0 Å². The van der Waals surface area contributed by atoms with Gasteiger partial charge in [-0.2, -0.15) is 0 Å². The minimum Gasteiger partial charge on any atom is -0.293 e. The molecule has 0 bridgehead atoms. The van der Waals surface area contributed by atoms with Gasteiger partial charge in [0.1, 0.15) is 10.1 Å². The summed E-state index contributed by atoms with van der Waals surface area (Å²) >= 11 is 6.52. The Balaban J connectivity index is 1.74. The SMILES string of the molecule is O=C1C(=Cc2ccccc2F)SC(=S)N1CCc1ccccc1. The average molecular weight is 343 g/mol. The van der Waals surface area contributed by atoms with Crippen LogP contribution in [0.4, 0.5) is 4.39 Å². The van der Waals surface area contributed by atoms with Gasteiger partial charge in [0.05, 0.1) is 4.91 Å². The number of carbonyl (C=O) groups is 1. The van der Waals surface area contributed by atoms with Crippen LogP contribution in [-0.4, -0.2) is 21.7 Å². The summed E-state index contributed by atoms with van der Waals surface area (Å²) in [6.45, 7) is 0.531. The van der Waals surface area contributed by atoms with Gasteiger partial charge in [0.25, 0.3) is 5.91 Å². The van der Waals surface area contributed by atoms with Gasteiger partial charge >= 0.3 is 0 Å². The molecule has 2 aromatic carbocycles. The number of hydrogen-bond acceptors (Lipinski definition) is 3. The number of thiocarbonyl (C=S) groups is 1. The van der Waals surface area contributed by atoms with Crippen LogP contribution in [0.1, 0.15) is 11.1 Å². The maximum Gasteiger partial charge on any atom is 0.266 e. The molecule has 116 valence electrons. The van der Waals surface area contributed by atoms with Crippen LogP contribution in [-0.2, 0) is 11.2 Å². The highest BCUT2D eigenvalue weighted by atomic mass is 32.2. The van der Waals surface area contributed by atoms with Gasteiger partial charge < -0.3 is 0 Å². The Hall–Kier alpha value is -1.98. The van der Waals surface area contributed by atoms with Gasteiger partial charge in [-0.1, -0.05) is 72.5 Å². The van der Waals surface area contributed by atoms with Crippen LogP contribution in [0.25, 0.3) is 6.08 Å². The number of thioether (sulfide) groups is 1. The fourth-order valence-corrected chi connectivity index (χ4v) is 3.61. The Bertz CT molecular complexity index is 774. The second kappa shape index (κ2) is 7.06. The largest absolute Gasteiger partial charge is 0.293 e. The molecule has 0 spiro atoms. The standard InChI is InChI=1S/C18H14FNOS2/c19-15-9-5-4-8-14(15)12-16-17(21)20(18(22)23-16)11-10-13-6-2-1-3-7-13/h1-9,12H,10-11H2. The van der Waals surface area contributed by atoms with Gasteiger partial charge in [-0.05, 0) is 24.1 Å². The first-order valence-electron chi connectivity index (χ1n) is 7.19. The summed E-state index contributed by atoms with van der Waals surface area (Å²) in [7, 11) is 0. The lowest BCUT2D eigenvalue weighted by Crippen LogP contribution is -2.30. The van der Waals surface area contributed by atoms with E-state index in [-0.39, 0.29) is 11.7 Å². The molecule has 0 atom stereocenters. The molecule has 3 rings (SSSR count). The minimum absolute atomic E-state index is 0.154. The average Bonchev–Trinajstić information content (AvgIpc) is 2.82. The molecule has 2 nitrogen and oxygen atoms in total. The molecule has 1 heterocycles. The summed E-state index contributed by atoms with van der Waals surface area (Å²) < 4.78 is 14.2. The van der Waals surface area contributed by atoms with E-state index in [9.17, 15) is 9.18 Å². The number of rotatable bonds is 4. The van der Waals surface area contributed by atoms with Gasteiger partial charge in [0.2, 0.25) is 0 Å². The fourth-order valence-electron chi connectivity index (χ4n) is 2.31. The quantitative estimate of drug-likeness (QED) is 0.611. The summed E-state index contributed by atoms with van der Waals surface area (Å²) in [6.07, 6.45) is 2.30. The van der Waals surface area contributed by atoms with Gasteiger partial charge in [-0.3, -0.25) is 9.69 Å². The second-order valence-corrected chi connectivity index (χ2v) is 6.77. The van der Waals surface area contributed by atoms with Crippen LogP contribution in [0.5, 0.6) is 0 Å². The van der Waals surface area contributed by atoms with Gasteiger partial charge in [-0.15, -0.1) is 0 Å². The minimum atomic E-state index is -0.345. The third kappa shape index (κ3) is 3.68. The van der Waals surface area contributed by atoms with Gasteiger partial charge in [0, 0.05) is 12.1 Å². The first kappa shape index (κ1) is 15.9. The van der Waals surface area contributed by atoms with Crippen molar-refractivity contribution in [2.45, 2.75) is 6.42 Å². The molecule has 5 heteroatoms. The third-order valence-corrected chi connectivity index (χ3v) is 4.91. The Morgan fingerprint density at radius 2 is 1.78 bits per heavy atom. The Morgan fingerprint density at radius 3 is 2.52 bits per heavy atom. The Kier molecular flexibility index (Phi) is 4.88. The van der Waals surface area contributed by atoms with Crippen molar-refractivity contribution < 1.29 is 9.18 Å². The van der Waals surface area contributed by atoms with Crippen molar-refractivity contribution in [1.29, 1.82) is 0 Å². The van der Waals surface area contributed by atoms with Crippen molar-refractivity contribution in [2.75, 3.05) is 6.54 Å². The molecule has 1 amide bonds. The predicted molar refractivity (Wildman–Crippen MR) is 96.4 cm³/mol. The van der Waals surface area contributed by atoms with Crippen LogP contribution in [0.15, 0.2) is 59.5 Å². The Morgan fingerprint density at radius 1 is 1.09 bits per heavy atom. The molecule has 0 unspecified atom stereocenters. The normalized spacial score (nSPS) is 16.4. The predicted octanol–water partition coefficient (Wildman–Crippen LogP) is 4.27. The molecule has 2 aromatic rings. The van der Waals surface area contributed by atoms with E-state index in [0.717, 1.165) is 12.0 Å². The number of hydrogen-bond donors (Lipinski definition) is 0. The van der Waals surface area contributed by atoms with Crippen LogP contribution < -0.4 is 0 Å². The summed E-state index contributed by atoms with van der Waals surface area (Å²) in [4.78, 5) is 14.5. The molecule has 23 heavy (non-hydrogen) atoms. The van der Waals surface area contributed by atoms with E-state index < -0.39 is 0 Å². The van der Waals surface area contributed by atoms with Crippen molar-refractivity contribution in [1.82, 2.24) is 4.90 Å². The zero-order chi connectivity index (χ0) is 16.2. The molecular formula is C18H14FNOS2. The lowest BCUT2D eigenvalue weighted by Gasteiger charge is -2.14. The van der Waals surface area contributed by atoms with Crippen LogP contribution in [0.2, 0.25) is 0 Å². The molecule has 1 aliphatic rings. The second-order valence-electron chi connectivity index (χ2n) is 5.09. The summed E-state index contributed by atoms with van der Waals surface area (Å²) in [5, 5.41) is 0. The fraction of sp³-hybridized carbons (Fsp3) is 0.111. The van der Waals surface area contributed by atoms with E-state index >= 15 is 0 Å². The van der Waals surface area contributed by atoms with E-state index in [1.807, 2.05) is 30.3 Å². The van der Waals surface area contributed by atoms with Crippen LogP contribution in [0.3, 0.4) is 0 Å². The van der Waals surface area contributed by atoms with Crippen molar-refractivity contribution in [2.24, 2.45) is 0 Å². The third-order valence-electron chi connectivity index (χ3n) is 3.53. The molecular weight excluding hydrogens is 329 g/mol. The number of benzene rings is 2. The number of carbonyl (C=O) groups excluding carboxylic acids is 1. The maximum absolute atomic E-state index is 13.7. The zero-order valence-corrected chi connectivity index (χ0v) is 13.9. The number of nitrogens with zero attached hydrogens (tertiary/aromatic N) is 1. The monoisotopic (exact) mass is 343 g/mol. The molecule has 1 fully saturated rings. The van der Waals surface area contributed by atoms with E-state index in [0.29, 0.717) is 21.3 Å². The highest BCUT2D eigenvalue weighted by Crippen LogP contribution is 2.32. The Labute approximate surface area is 144 Å². The maximum atomic E-state index is 13.7. The molecule has 0 N–H and O–H groups in total. The van der Waals surface area contributed by atoms with Crippen LogP contribution >= 0.6 is 24.0 Å². The highest BCUT2D eigenvalue weighted by molar-refractivity contribution is 8.26. The van der Waals surface area contributed by atoms with E-state index in [1.54, 1.807) is 29.2 Å². The van der Waals surface area contributed by atoms with E-state index in [1.165, 1.54) is 17.8 Å². The molecule has 0 radical (unpaired) electrons. The summed E-state index contributed by atoms with van der Waals surface area (Å²) in [5.74, 6) is -0.499. The van der Waals surface area contributed by atoms with Crippen LogP contribution in [0, 0.1) is 5.82 Å². The van der Waals surface area contributed by atoms with Crippen molar-refractivity contribution in [3.8, 4) is 0 Å². The lowest BCUT2D eigenvalue weighted by atomic mass is 10.1. The smallest absolute Gasteiger partial charge is 0.266 e. The lowest BCUT2D eigenvalue weighted by molar-refractivity contribution is -0.122. The van der Waals surface area contributed by atoms with E-state index in [2.05, 4.69) is 0 Å². The zero-order valence-electron chi connectivity index (χ0n) is 12.2. The molecule has 0 aliphatic carbocycles. The first-order chi connectivity index (χ1) is 11.1. The number of amides is 1. The summed E-state index contributed by atoms with van der Waals surface area (Å²) in [6, 6.07) is 16.3. The van der Waals surface area contributed by atoms with Gasteiger partial charge in [0.15, 0.2) is 0 Å². The van der Waals surface area contributed by atoms with Crippen molar-refractivity contribution in [3.05, 3.63) is 76.4 Å². The van der Waals surface area contributed by atoms with E-state index in [4.69, 9.17) is 12.2 Å². The number of halogens is 1. The van der Waals surface area contributed by atoms with Crippen molar-refractivity contribution >= 4 is 40.3 Å². The molecule has 1 saturated heterocycles. The van der Waals surface area contributed by atoms with Gasteiger partial charge in [-0.25, -0.2) is 4.39 Å². The summed E-state index contributed by atoms with van der Waals surface area (Å²) in [5.41, 5.74) is 1.55. The topological polar surface area (TPSA) is 20.3 Å². The molecule has 0 saturated carbocycles. The first-order valence-corrected chi connectivity index (χ1v) is 8.41. The molecule has 1 aliphatic heterocycles. The highest BCUT2D eigenvalue weighted by Gasteiger charge is 2.31.